The summed E-state index contributed by atoms with van der Waals surface area (Å²) in [7, 11) is -3.62. The zero-order valence-corrected chi connectivity index (χ0v) is 19.5. The molecular formula is C23H21BrN2O2S2. The highest BCUT2D eigenvalue weighted by molar-refractivity contribution is 9.11. The lowest BCUT2D eigenvalue weighted by Crippen LogP contribution is -2.19. The van der Waals surface area contributed by atoms with E-state index in [2.05, 4.69) is 45.1 Å². The van der Waals surface area contributed by atoms with E-state index >= 15 is 0 Å². The summed E-state index contributed by atoms with van der Waals surface area (Å²) in [6.07, 6.45) is 2.88. The molecular weight excluding hydrogens is 480 g/mol. The van der Waals surface area contributed by atoms with Crippen molar-refractivity contribution in [3.63, 3.8) is 0 Å². The van der Waals surface area contributed by atoms with Crippen LogP contribution in [0.5, 0.6) is 0 Å². The van der Waals surface area contributed by atoms with Crippen LogP contribution in [0.1, 0.15) is 23.5 Å². The second-order valence-corrected chi connectivity index (χ2v) is 12.2. The Hall–Kier alpha value is -1.93. The minimum atomic E-state index is -3.62. The van der Waals surface area contributed by atoms with E-state index in [0.717, 1.165) is 46.3 Å². The van der Waals surface area contributed by atoms with Crippen LogP contribution >= 0.6 is 27.3 Å². The van der Waals surface area contributed by atoms with Gasteiger partial charge in [-0.3, -0.25) is 4.90 Å². The van der Waals surface area contributed by atoms with Gasteiger partial charge in [-0.25, -0.2) is 3.97 Å². The van der Waals surface area contributed by atoms with Gasteiger partial charge in [0, 0.05) is 24.7 Å². The number of thiophene rings is 1. The molecule has 30 heavy (non-hydrogen) atoms. The van der Waals surface area contributed by atoms with Crippen molar-refractivity contribution in [1.82, 2.24) is 8.87 Å². The highest BCUT2D eigenvalue weighted by atomic mass is 79.9. The predicted octanol–water partition coefficient (Wildman–Crippen LogP) is 5.69. The summed E-state index contributed by atoms with van der Waals surface area (Å²) in [5, 5.41) is 1.03. The Labute approximate surface area is 188 Å². The highest BCUT2D eigenvalue weighted by Crippen LogP contribution is 2.37. The molecule has 7 heteroatoms. The first-order valence-electron chi connectivity index (χ1n) is 9.89. The quantitative estimate of drug-likeness (QED) is 0.353. The lowest BCUT2D eigenvalue weighted by atomic mass is 9.98. The fraction of sp³-hybridized carbons (Fsp3) is 0.217. The van der Waals surface area contributed by atoms with Gasteiger partial charge in [0.2, 0.25) is 0 Å². The molecule has 0 spiro atoms. The van der Waals surface area contributed by atoms with Gasteiger partial charge in [0.1, 0.15) is 4.21 Å². The Kier molecular flexibility index (Phi) is 5.31. The van der Waals surface area contributed by atoms with Gasteiger partial charge in [-0.2, -0.15) is 8.42 Å². The van der Waals surface area contributed by atoms with Gasteiger partial charge in [-0.1, -0.05) is 48.5 Å². The van der Waals surface area contributed by atoms with Crippen molar-refractivity contribution < 1.29 is 8.42 Å². The molecule has 0 bridgehead atoms. The molecule has 0 radical (unpaired) electrons. The van der Waals surface area contributed by atoms with E-state index in [4.69, 9.17) is 0 Å². The molecule has 1 atom stereocenters. The van der Waals surface area contributed by atoms with Gasteiger partial charge in [-0.15, -0.1) is 11.3 Å². The standard InChI is InChI=1S/C23H21BrN2O2S2/c24-22-10-11-23(29-22)30(27,28)26-16-20(19-8-4-5-9-21(19)26)18-12-13-25(15-18)14-17-6-2-1-3-7-17/h1-11,16,18H,12-15H2. The molecule has 0 N–H and O–H groups in total. The SMILES string of the molecule is O=S(=O)(c1ccc(Br)s1)n1cc(C2CCN(Cc3ccccc3)C2)c2ccccc21. The molecule has 1 unspecified atom stereocenters. The van der Waals surface area contributed by atoms with Crippen LogP contribution in [0.25, 0.3) is 10.9 Å². The summed E-state index contributed by atoms with van der Waals surface area (Å²) in [5.41, 5.74) is 3.19. The number of fused-ring (bicyclic) bond motifs is 1. The number of benzene rings is 2. The van der Waals surface area contributed by atoms with Gasteiger partial charge in [0.05, 0.1) is 9.30 Å². The summed E-state index contributed by atoms with van der Waals surface area (Å²) < 4.78 is 29.3. The van der Waals surface area contributed by atoms with E-state index in [1.54, 1.807) is 12.1 Å². The van der Waals surface area contributed by atoms with E-state index in [1.165, 1.54) is 20.9 Å². The van der Waals surface area contributed by atoms with E-state index in [-0.39, 0.29) is 0 Å². The summed E-state index contributed by atoms with van der Waals surface area (Å²) in [6.45, 7) is 2.88. The number of aromatic nitrogens is 1. The van der Waals surface area contributed by atoms with Gasteiger partial charge < -0.3 is 0 Å². The lowest BCUT2D eigenvalue weighted by molar-refractivity contribution is 0.327. The number of para-hydroxylation sites is 1. The van der Waals surface area contributed by atoms with Crippen molar-refractivity contribution in [2.45, 2.75) is 23.1 Å². The van der Waals surface area contributed by atoms with Gasteiger partial charge in [0.25, 0.3) is 10.0 Å². The zero-order chi connectivity index (χ0) is 20.7. The summed E-state index contributed by atoms with van der Waals surface area (Å²) in [6, 6.07) is 21.8. The first kappa shape index (κ1) is 20.0. The van der Waals surface area contributed by atoms with Crippen molar-refractivity contribution in [2.75, 3.05) is 13.1 Å². The lowest BCUT2D eigenvalue weighted by Gasteiger charge is -2.16. The molecule has 1 aliphatic rings. The van der Waals surface area contributed by atoms with E-state index in [0.29, 0.717) is 10.1 Å². The van der Waals surface area contributed by atoms with Crippen LogP contribution in [-0.2, 0) is 16.6 Å². The number of nitrogens with zero attached hydrogens (tertiary/aromatic N) is 2. The van der Waals surface area contributed by atoms with E-state index in [9.17, 15) is 8.42 Å². The second kappa shape index (κ2) is 7.96. The van der Waals surface area contributed by atoms with Crippen LogP contribution in [0.2, 0.25) is 0 Å². The monoisotopic (exact) mass is 500 g/mol. The largest absolute Gasteiger partial charge is 0.298 e. The van der Waals surface area contributed by atoms with E-state index < -0.39 is 10.0 Å². The van der Waals surface area contributed by atoms with Crippen molar-refractivity contribution >= 4 is 48.2 Å². The van der Waals surface area contributed by atoms with Crippen molar-refractivity contribution in [3.8, 4) is 0 Å². The average molecular weight is 501 g/mol. The fourth-order valence-corrected chi connectivity index (χ4v) is 7.78. The molecule has 1 aliphatic heterocycles. The van der Waals surface area contributed by atoms with Crippen LogP contribution in [0.3, 0.4) is 0 Å². The van der Waals surface area contributed by atoms with Crippen molar-refractivity contribution in [3.05, 3.63) is 87.8 Å². The number of halogens is 1. The molecule has 4 aromatic rings. The molecule has 2 aromatic carbocycles. The second-order valence-electron chi connectivity index (χ2n) is 7.67. The molecule has 3 heterocycles. The molecule has 4 nitrogen and oxygen atoms in total. The smallest absolute Gasteiger partial charge is 0.277 e. The van der Waals surface area contributed by atoms with Gasteiger partial charge in [0.15, 0.2) is 0 Å². The molecule has 1 fully saturated rings. The van der Waals surface area contributed by atoms with Crippen LogP contribution in [0, 0.1) is 0 Å². The number of rotatable bonds is 5. The Balaban J connectivity index is 1.49. The maximum Gasteiger partial charge on any atom is 0.277 e. The average Bonchev–Trinajstić information content (AvgIpc) is 3.47. The molecule has 154 valence electrons. The number of likely N-dealkylation sites (tertiary alicyclic amines) is 1. The van der Waals surface area contributed by atoms with Gasteiger partial charge >= 0.3 is 0 Å². The highest BCUT2D eigenvalue weighted by Gasteiger charge is 2.29. The fourth-order valence-electron chi connectivity index (χ4n) is 4.30. The Morgan fingerprint density at radius 1 is 1.00 bits per heavy atom. The number of hydrogen-bond donors (Lipinski definition) is 0. The predicted molar refractivity (Wildman–Crippen MR) is 126 cm³/mol. The van der Waals surface area contributed by atoms with Crippen molar-refractivity contribution in [1.29, 1.82) is 0 Å². The molecule has 0 saturated carbocycles. The normalized spacial score (nSPS) is 17.7. The molecule has 5 rings (SSSR count). The molecule has 1 saturated heterocycles. The molecule has 2 aromatic heterocycles. The van der Waals surface area contributed by atoms with E-state index in [1.807, 2.05) is 36.5 Å². The van der Waals surface area contributed by atoms with Crippen LogP contribution in [0.4, 0.5) is 0 Å². The van der Waals surface area contributed by atoms with Crippen LogP contribution in [-0.4, -0.2) is 30.4 Å². The summed E-state index contributed by atoms with van der Waals surface area (Å²) >= 11 is 4.62. The Morgan fingerprint density at radius 3 is 2.53 bits per heavy atom. The molecule has 0 amide bonds. The Morgan fingerprint density at radius 2 is 1.77 bits per heavy atom. The first-order chi connectivity index (χ1) is 14.5. The third-order valence-corrected chi connectivity index (χ3v) is 9.50. The minimum Gasteiger partial charge on any atom is -0.298 e. The van der Waals surface area contributed by atoms with Gasteiger partial charge in [-0.05, 0) is 64.1 Å². The maximum absolute atomic E-state index is 13.3. The minimum absolute atomic E-state index is 0.324. The number of hydrogen-bond acceptors (Lipinski definition) is 4. The van der Waals surface area contributed by atoms with Crippen molar-refractivity contribution in [2.24, 2.45) is 0 Å². The summed E-state index contributed by atoms with van der Waals surface area (Å²) in [4.78, 5) is 2.46. The Bertz CT molecular complexity index is 1300. The molecule has 0 aliphatic carbocycles. The maximum atomic E-state index is 13.3. The van der Waals surface area contributed by atoms with Crippen LogP contribution < -0.4 is 0 Å². The zero-order valence-electron chi connectivity index (χ0n) is 16.2. The first-order valence-corrected chi connectivity index (χ1v) is 12.9. The third-order valence-electron chi connectivity index (χ3n) is 5.73. The van der Waals surface area contributed by atoms with Crippen LogP contribution in [0.15, 0.2) is 80.9 Å². The topological polar surface area (TPSA) is 42.3 Å². The summed E-state index contributed by atoms with van der Waals surface area (Å²) in [5.74, 6) is 0.324. The third kappa shape index (κ3) is 3.64.